The van der Waals surface area contributed by atoms with E-state index in [0.717, 1.165) is 5.56 Å². The number of rotatable bonds is 2. The highest BCUT2D eigenvalue weighted by molar-refractivity contribution is 5.93. The summed E-state index contributed by atoms with van der Waals surface area (Å²) in [5.41, 5.74) is 2.31. The molecule has 0 bridgehead atoms. The Hall–Kier alpha value is -2.08. The van der Waals surface area contributed by atoms with E-state index in [2.05, 4.69) is 10.6 Å². The van der Waals surface area contributed by atoms with E-state index < -0.39 is 0 Å². The molecule has 0 radical (unpaired) electrons. The number of hydrogen-bond donors (Lipinski definition) is 2. The van der Waals surface area contributed by atoms with Crippen LogP contribution in [0, 0.1) is 6.92 Å². The molecule has 2 rings (SSSR count). The van der Waals surface area contributed by atoms with Gasteiger partial charge >= 0.3 is 6.03 Å². The Balaban J connectivity index is 2.07. The number of amides is 3. The van der Waals surface area contributed by atoms with E-state index in [9.17, 15) is 9.59 Å². The van der Waals surface area contributed by atoms with E-state index in [1.165, 1.54) is 6.92 Å². The lowest BCUT2D eigenvalue weighted by atomic mass is 10.2. The molecule has 0 unspecified atom stereocenters. The average Bonchev–Trinajstić information content (AvgIpc) is 2.43. The summed E-state index contributed by atoms with van der Waals surface area (Å²) in [5, 5.41) is 5.58. The van der Waals surface area contributed by atoms with Crippen molar-refractivity contribution < 1.29 is 14.3 Å². The number of aryl methyl sites for hydroxylation is 1. The van der Waals surface area contributed by atoms with Gasteiger partial charge in [-0.15, -0.1) is 0 Å². The van der Waals surface area contributed by atoms with Gasteiger partial charge in [-0.25, -0.2) is 4.79 Å². The highest BCUT2D eigenvalue weighted by Gasteiger charge is 2.17. The number of ether oxygens (including phenoxy) is 1. The van der Waals surface area contributed by atoms with Crippen molar-refractivity contribution >= 4 is 23.3 Å². The lowest BCUT2D eigenvalue weighted by molar-refractivity contribution is -0.114. The number of nitrogens with zero attached hydrogens (tertiary/aromatic N) is 1. The quantitative estimate of drug-likeness (QED) is 0.866. The minimum absolute atomic E-state index is 0.140. The molecule has 1 fully saturated rings. The van der Waals surface area contributed by atoms with Crippen molar-refractivity contribution in [1.82, 2.24) is 4.90 Å². The van der Waals surface area contributed by atoms with Gasteiger partial charge in [0.05, 0.1) is 13.2 Å². The Morgan fingerprint density at radius 2 is 1.90 bits per heavy atom. The number of urea groups is 1. The molecular weight excluding hydrogens is 258 g/mol. The van der Waals surface area contributed by atoms with Crippen molar-refractivity contribution in [3.63, 3.8) is 0 Å². The maximum Gasteiger partial charge on any atom is 0.322 e. The number of anilines is 2. The molecular formula is C14H19N3O3. The Morgan fingerprint density at radius 1 is 1.20 bits per heavy atom. The molecule has 20 heavy (non-hydrogen) atoms. The predicted molar refractivity (Wildman–Crippen MR) is 76.9 cm³/mol. The first-order valence-corrected chi connectivity index (χ1v) is 6.58. The fourth-order valence-electron chi connectivity index (χ4n) is 2.00. The second-order valence-electron chi connectivity index (χ2n) is 4.74. The van der Waals surface area contributed by atoms with Crippen LogP contribution in [0.25, 0.3) is 0 Å². The zero-order chi connectivity index (χ0) is 14.5. The molecule has 0 aromatic heterocycles. The molecule has 1 saturated heterocycles. The molecule has 108 valence electrons. The standard InChI is InChI=1S/C14H19N3O3/c1-10-3-4-12(15-11(2)18)9-13(10)16-14(19)17-5-7-20-8-6-17/h3-4,9H,5-8H2,1-2H3,(H,15,18)(H,16,19). The van der Waals surface area contributed by atoms with Crippen LogP contribution in [0.3, 0.4) is 0 Å². The molecule has 1 aromatic rings. The van der Waals surface area contributed by atoms with Gasteiger partial charge in [0.25, 0.3) is 0 Å². The summed E-state index contributed by atoms with van der Waals surface area (Å²) in [7, 11) is 0. The number of carbonyl (C=O) groups excluding carboxylic acids is 2. The van der Waals surface area contributed by atoms with Crippen molar-refractivity contribution in [3.05, 3.63) is 23.8 Å². The zero-order valence-corrected chi connectivity index (χ0v) is 11.7. The monoisotopic (exact) mass is 277 g/mol. The molecule has 3 amide bonds. The maximum absolute atomic E-state index is 12.1. The Bertz CT molecular complexity index is 510. The third-order valence-electron chi connectivity index (χ3n) is 3.10. The molecule has 6 nitrogen and oxygen atoms in total. The maximum atomic E-state index is 12.1. The van der Waals surface area contributed by atoms with Crippen LogP contribution in [0.5, 0.6) is 0 Å². The minimum atomic E-state index is -0.142. The summed E-state index contributed by atoms with van der Waals surface area (Å²) in [4.78, 5) is 24.9. The number of carbonyl (C=O) groups is 2. The van der Waals surface area contributed by atoms with Crippen LogP contribution < -0.4 is 10.6 Å². The summed E-state index contributed by atoms with van der Waals surface area (Å²) in [6, 6.07) is 5.28. The second kappa shape index (κ2) is 6.38. The van der Waals surface area contributed by atoms with Gasteiger partial charge < -0.3 is 20.3 Å². The summed E-state index contributed by atoms with van der Waals surface area (Å²) in [6.07, 6.45) is 0. The largest absolute Gasteiger partial charge is 0.378 e. The van der Waals surface area contributed by atoms with Gasteiger partial charge in [0.1, 0.15) is 0 Å². The van der Waals surface area contributed by atoms with Crippen LogP contribution in [0.15, 0.2) is 18.2 Å². The first kappa shape index (κ1) is 14.3. The van der Waals surface area contributed by atoms with E-state index in [1.807, 2.05) is 13.0 Å². The Kier molecular flexibility index (Phi) is 4.57. The van der Waals surface area contributed by atoms with E-state index in [4.69, 9.17) is 4.74 Å². The molecule has 1 aliphatic heterocycles. The third-order valence-corrected chi connectivity index (χ3v) is 3.10. The number of morpholine rings is 1. The van der Waals surface area contributed by atoms with E-state index in [0.29, 0.717) is 37.7 Å². The highest BCUT2D eigenvalue weighted by Crippen LogP contribution is 2.20. The lowest BCUT2D eigenvalue weighted by Gasteiger charge is -2.27. The fraction of sp³-hybridized carbons (Fsp3) is 0.429. The summed E-state index contributed by atoms with van der Waals surface area (Å²) < 4.78 is 5.22. The van der Waals surface area contributed by atoms with Gasteiger partial charge in [-0.2, -0.15) is 0 Å². The molecule has 0 saturated carbocycles. The average molecular weight is 277 g/mol. The van der Waals surface area contributed by atoms with Gasteiger partial charge in [-0.3, -0.25) is 4.79 Å². The van der Waals surface area contributed by atoms with Crippen molar-refractivity contribution in [3.8, 4) is 0 Å². The van der Waals surface area contributed by atoms with Gasteiger partial charge in [-0.1, -0.05) is 6.07 Å². The number of nitrogens with one attached hydrogen (secondary N) is 2. The van der Waals surface area contributed by atoms with Crippen LogP contribution in [0.4, 0.5) is 16.2 Å². The Labute approximate surface area is 118 Å². The van der Waals surface area contributed by atoms with Crippen LogP contribution >= 0.6 is 0 Å². The lowest BCUT2D eigenvalue weighted by Crippen LogP contribution is -2.43. The van der Waals surface area contributed by atoms with Crippen LogP contribution in [-0.4, -0.2) is 43.1 Å². The highest BCUT2D eigenvalue weighted by atomic mass is 16.5. The van der Waals surface area contributed by atoms with Crippen LogP contribution in [0.2, 0.25) is 0 Å². The molecule has 0 spiro atoms. The van der Waals surface area contributed by atoms with E-state index in [1.54, 1.807) is 17.0 Å². The van der Waals surface area contributed by atoms with E-state index in [-0.39, 0.29) is 11.9 Å². The van der Waals surface area contributed by atoms with Crippen LogP contribution in [-0.2, 0) is 9.53 Å². The first-order chi connectivity index (χ1) is 9.56. The van der Waals surface area contributed by atoms with Gasteiger partial charge in [0, 0.05) is 31.4 Å². The Morgan fingerprint density at radius 3 is 2.55 bits per heavy atom. The molecule has 6 heteroatoms. The molecule has 1 aromatic carbocycles. The van der Waals surface area contributed by atoms with Crippen molar-refractivity contribution in [2.45, 2.75) is 13.8 Å². The van der Waals surface area contributed by atoms with Crippen LogP contribution in [0.1, 0.15) is 12.5 Å². The third kappa shape index (κ3) is 3.71. The molecule has 2 N–H and O–H groups in total. The normalized spacial score (nSPS) is 14.8. The zero-order valence-electron chi connectivity index (χ0n) is 11.7. The van der Waals surface area contributed by atoms with Crippen molar-refractivity contribution in [2.24, 2.45) is 0 Å². The number of hydrogen-bond acceptors (Lipinski definition) is 3. The smallest absolute Gasteiger partial charge is 0.322 e. The molecule has 0 aliphatic carbocycles. The second-order valence-corrected chi connectivity index (χ2v) is 4.74. The van der Waals surface area contributed by atoms with Gasteiger partial charge in [0.15, 0.2) is 0 Å². The first-order valence-electron chi connectivity index (χ1n) is 6.58. The van der Waals surface area contributed by atoms with E-state index >= 15 is 0 Å². The molecule has 1 aliphatic rings. The fourth-order valence-corrected chi connectivity index (χ4v) is 2.00. The van der Waals surface area contributed by atoms with Crippen molar-refractivity contribution in [1.29, 1.82) is 0 Å². The minimum Gasteiger partial charge on any atom is -0.378 e. The summed E-state index contributed by atoms with van der Waals surface area (Å²) in [6.45, 7) is 5.68. The summed E-state index contributed by atoms with van der Waals surface area (Å²) >= 11 is 0. The van der Waals surface area contributed by atoms with Crippen molar-refractivity contribution in [2.75, 3.05) is 36.9 Å². The summed E-state index contributed by atoms with van der Waals surface area (Å²) in [5.74, 6) is -0.140. The topological polar surface area (TPSA) is 70.7 Å². The molecule has 0 atom stereocenters. The number of benzene rings is 1. The SMILES string of the molecule is CC(=O)Nc1ccc(C)c(NC(=O)N2CCOCC2)c1. The molecule has 1 heterocycles. The predicted octanol–water partition coefficient (Wildman–Crippen LogP) is 1.82. The van der Waals surface area contributed by atoms with Gasteiger partial charge in [0.2, 0.25) is 5.91 Å². The van der Waals surface area contributed by atoms with Gasteiger partial charge in [-0.05, 0) is 24.6 Å².